The summed E-state index contributed by atoms with van der Waals surface area (Å²) in [5.74, 6) is -0.358. The summed E-state index contributed by atoms with van der Waals surface area (Å²) in [6.45, 7) is 2.03. The fourth-order valence-electron chi connectivity index (χ4n) is 3.01. The Morgan fingerprint density at radius 3 is 2.35 bits per heavy atom. The molecule has 0 radical (unpaired) electrons. The van der Waals surface area contributed by atoms with Crippen LogP contribution in [0.3, 0.4) is 0 Å². The Bertz CT molecular complexity index is 248. The third-order valence-corrected chi connectivity index (χ3v) is 4.07. The lowest BCUT2D eigenvalue weighted by molar-refractivity contribution is -0.189. The molecule has 2 aliphatic carbocycles. The fourth-order valence-corrected chi connectivity index (χ4v) is 3.01. The second-order valence-electron chi connectivity index (χ2n) is 5.79. The third-order valence-electron chi connectivity index (χ3n) is 4.07. The second-order valence-corrected chi connectivity index (χ2v) is 5.79. The van der Waals surface area contributed by atoms with Gasteiger partial charge in [-0.1, -0.05) is 25.7 Å². The van der Waals surface area contributed by atoms with Crippen LogP contribution in [0.1, 0.15) is 51.9 Å². The molecule has 0 heterocycles. The zero-order chi connectivity index (χ0) is 12.5. The normalized spacial score (nSPS) is 32.5. The number of nitrogens with one attached hydrogen (secondary N) is 1. The lowest BCUT2D eigenvalue weighted by atomic mass is 9.83. The predicted octanol–water partition coefficient (Wildman–Crippen LogP) is 3.89. The molecular weight excluding hydrogens is 227 g/mol. The topological polar surface area (TPSA) is 12.0 Å². The number of rotatable bonds is 4. The summed E-state index contributed by atoms with van der Waals surface area (Å²) in [5, 5.41) is 3.23. The van der Waals surface area contributed by atoms with Crippen LogP contribution in [0.2, 0.25) is 0 Å². The van der Waals surface area contributed by atoms with Gasteiger partial charge in [0.05, 0.1) is 5.92 Å². The van der Waals surface area contributed by atoms with Crippen LogP contribution in [0.15, 0.2) is 0 Å². The highest BCUT2D eigenvalue weighted by Crippen LogP contribution is 2.39. The molecule has 0 aromatic carbocycles. The Morgan fingerprint density at radius 2 is 1.76 bits per heavy atom. The van der Waals surface area contributed by atoms with E-state index in [1.54, 1.807) is 0 Å². The summed E-state index contributed by atoms with van der Waals surface area (Å²) in [5.41, 5.74) is 0. The molecule has 2 rings (SSSR count). The lowest BCUT2D eigenvalue weighted by Crippen LogP contribution is -2.48. The molecule has 0 aromatic rings. The SMILES string of the molecule is CC(CC1CC1)NC1CCCCC1C(F)(F)F. The highest BCUT2D eigenvalue weighted by Gasteiger charge is 2.45. The lowest BCUT2D eigenvalue weighted by Gasteiger charge is -2.35. The van der Waals surface area contributed by atoms with E-state index in [9.17, 15) is 13.2 Å². The van der Waals surface area contributed by atoms with Crippen molar-refractivity contribution in [2.45, 2.75) is 70.1 Å². The molecule has 4 heteroatoms. The van der Waals surface area contributed by atoms with E-state index in [1.165, 1.54) is 12.8 Å². The predicted molar refractivity (Wildman–Crippen MR) is 61.7 cm³/mol. The van der Waals surface area contributed by atoms with Gasteiger partial charge in [0.2, 0.25) is 0 Å². The van der Waals surface area contributed by atoms with Crippen molar-refractivity contribution in [3.63, 3.8) is 0 Å². The van der Waals surface area contributed by atoms with Gasteiger partial charge in [-0.25, -0.2) is 0 Å². The Balaban J connectivity index is 1.86. The molecule has 2 fully saturated rings. The van der Waals surface area contributed by atoms with Crippen LogP contribution < -0.4 is 5.32 Å². The van der Waals surface area contributed by atoms with Gasteiger partial charge in [-0.2, -0.15) is 13.2 Å². The molecule has 100 valence electrons. The Morgan fingerprint density at radius 1 is 1.12 bits per heavy atom. The summed E-state index contributed by atoms with van der Waals surface area (Å²) in [4.78, 5) is 0. The van der Waals surface area contributed by atoms with Crippen molar-refractivity contribution >= 4 is 0 Å². The zero-order valence-electron chi connectivity index (χ0n) is 10.4. The second kappa shape index (κ2) is 5.17. The van der Waals surface area contributed by atoms with Gasteiger partial charge in [-0.05, 0) is 32.1 Å². The minimum Gasteiger partial charge on any atom is -0.311 e. The number of hydrogen-bond acceptors (Lipinski definition) is 1. The first-order valence-corrected chi connectivity index (χ1v) is 6.79. The van der Waals surface area contributed by atoms with Gasteiger partial charge < -0.3 is 5.32 Å². The van der Waals surface area contributed by atoms with Crippen molar-refractivity contribution in [3.8, 4) is 0 Å². The Kier molecular flexibility index (Phi) is 4.01. The maximum Gasteiger partial charge on any atom is 0.393 e. The van der Waals surface area contributed by atoms with Crippen molar-refractivity contribution in [2.75, 3.05) is 0 Å². The quantitative estimate of drug-likeness (QED) is 0.797. The smallest absolute Gasteiger partial charge is 0.311 e. The van der Waals surface area contributed by atoms with E-state index in [0.29, 0.717) is 12.8 Å². The van der Waals surface area contributed by atoms with E-state index in [-0.39, 0.29) is 12.1 Å². The van der Waals surface area contributed by atoms with E-state index in [0.717, 1.165) is 25.2 Å². The maximum atomic E-state index is 12.9. The van der Waals surface area contributed by atoms with Crippen molar-refractivity contribution < 1.29 is 13.2 Å². The number of alkyl halides is 3. The van der Waals surface area contributed by atoms with Gasteiger partial charge in [-0.15, -0.1) is 0 Å². The molecule has 0 saturated heterocycles. The van der Waals surface area contributed by atoms with Crippen molar-refractivity contribution in [3.05, 3.63) is 0 Å². The monoisotopic (exact) mass is 249 g/mol. The van der Waals surface area contributed by atoms with Gasteiger partial charge >= 0.3 is 6.18 Å². The molecule has 2 saturated carbocycles. The van der Waals surface area contributed by atoms with Crippen LogP contribution in [0, 0.1) is 11.8 Å². The molecule has 17 heavy (non-hydrogen) atoms. The fraction of sp³-hybridized carbons (Fsp3) is 1.00. The number of hydrogen-bond donors (Lipinski definition) is 1. The Hall–Kier alpha value is -0.250. The number of halogens is 3. The summed E-state index contributed by atoms with van der Waals surface area (Å²) >= 11 is 0. The van der Waals surface area contributed by atoms with Crippen LogP contribution in [-0.2, 0) is 0 Å². The standard InChI is InChI=1S/C13H22F3N/c1-9(8-10-6-7-10)17-12-5-3-2-4-11(12)13(14,15)16/h9-12,17H,2-8H2,1H3. The summed E-state index contributed by atoms with van der Waals surface area (Å²) in [6.07, 6.45) is 2.17. The molecule has 1 N–H and O–H groups in total. The van der Waals surface area contributed by atoms with Gasteiger partial charge in [0.15, 0.2) is 0 Å². The van der Waals surface area contributed by atoms with Crippen molar-refractivity contribution in [1.29, 1.82) is 0 Å². The Labute approximate surface area is 101 Å². The summed E-state index contributed by atoms with van der Waals surface area (Å²) in [7, 11) is 0. The molecule has 0 amide bonds. The van der Waals surface area contributed by atoms with Crippen molar-refractivity contribution in [2.24, 2.45) is 11.8 Å². The van der Waals surface area contributed by atoms with Gasteiger partial charge in [-0.3, -0.25) is 0 Å². The summed E-state index contributed by atoms with van der Waals surface area (Å²) in [6, 6.07) is -0.118. The van der Waals surface area contributed by atoms with Crippen LogP contribution in [0.25, 0.3) is 0 Å². The highest BCUT2D eigenvalue weighted by molar-refractivity contribution is 4.88. The van der Waals surface area contributed by atoms with E-state index < -0.39 is 12.1 Å². The van der Waals surface area contributed by atoms with E-state index in [1.807, 2.05) is 6.92 Å². The molecule has 1 nitrogen and oxygen atoms in total. The largest absolute Gasteiger partial charge is 0.393 e. The molecule has 0 bridgehead atoms. The first-order chi connectivity index (χ1) is 7.97. The first kappa shape index (κ1) is 13.2. The van der Waals surface area contributed by atoms with Gasteiger partial charge in [0.25, 0.3) is 0 Å². The van der Waals surface area contributed by atoms with Gasteiger partial charge in [0.1, 0.15) is 0 Å². The molecular formula is C13H22F3N. The van der Waals surface area contributed by atoms with Gasteiger partial charge in [0, 0.05) is 12.1 Å². The van der Waals surface area contributed by atoms with Crippen LogP contribution in [0.5, 0.6) is 0 Å². The third kappa shape index (κ3) is 3.87. The molecule has 2 aliphatic rings. The molecule has 0 spiro atoms. The molecule has 3 unspecified atom stereocenters. The minimum absolute atomic E-state index is 0.232. The van der Waals surface area contributed by atoms with E-state index in [2.05, 4.69) is 5.32 Å². The van der Waals surface area contributed by atoms with Crippen molar-refractivity contribution in [1.82, 2.24) is 5.32 Å². The van der Waals surface area contributed by atoms with E-state index >= 15 is 0 Å². The average molecular weight is 249 g/mol. The van der Waals surface area contributed by atoms with Crippen LogP contribution >= 0.6 is 0 Å². The molecule has 0 aliphatic heterocycles. The van der Waals surface area contributed by atoms with Crippen LogP contribution in [-0.4, -0.2) is 18.3 Å². The maximum absolute atomic E-state index is 12.9. The van der Waals surface area contributed by atoms with E-state index in [4.69, 9.17) is 0 Å². The average Bonchev–Trinajstić information content (AvgIpc) is 3.00. The van der Waals surface area contributed by atoms with Crippen LogP contribution in [0.4, 0.5) is 13.2 Å². The zero-order valence-corrected chi connectivity index (χ0v) is 10.4. The summed E-state index contributed by atoms with van der Waals surface area (Å²) < 4.78 is 38.6. The molecule has 0 aromatic heterocycles. The molecule has 3 atom stereocenters. The minimum atomic E-state index is -4.03. The highest BCUT2D eigenvalue weighted by atomic mass is 19.4. The first-order valence-electron chi connectivity index (χ1n) is 6.79.